The first-order chi connectivity index (χ1) is 9.15. The van der Waals surface area contributed by atoms with Crippen LogP contribution in [0.25, 0.3) is 6.08 Å². The third-order valence-electron chi connectivity index (χ3n) is 2.64. The second kappa shape index (κ2) is 6.29. The molecule has 1 aromatic heterocycles. The highest BCUT2D eigenvalue weighted by molar-refractivity contribution is 7.10. The van der Waals surface area contributed by atoms with Gasteiger partial charge in [0.15, 0.2) is 0 Å². The van der Waals surface area contributed by atoms with E-state index >= 15 is 0 Å². The van der Waals surface area contributed by atoms with Crippen LogP contribution in [-0.2, 0) is 11.3 Å². The van der Waals surface area contributed by atoms with Crippen molar-refractivity contribution in [3.8, 4) is 0 Å². The Morgan fingerprint density at radius 1 is 1.32 bits per heavy atom. The molecule has 1 heterocycles. The average molecular weight is 275 g/mol. The number of thiophene rings is 1. The molecule has 0 saturated carbocycles. The molecule has 4 heteroatoms. The summed E-state index contributed by atoms with van der Waals surface area (Å²) in [5, 5.41) is 1.96. The second-order valence-corrected chi connectivity index (χ2v) is 5.15. The summed E-state index contributed by atoms with van der Waals surface area (Å²) in [5.41, 5.74) is 0.904. The Bertz CT molecular complexity index is 560. The van der Waals surface area contributed by atoms with Gasteiger partial charge in [0, 0.05) is 24.5 Å². The maximum absolute atomic E-state index is 12.8. The van der Waals surface area contributed by atoms with Crippen molar-refractivity contribution in [2.45, 2.75) is 6.54 Å². The fraction of sp³-hybridized carbons (Fsp3) is 0.133. The number of likely N-dealkylation sites (N-methyl/N-ethyl adjacent to an activating group) is 1. The molecule has 0 bridgehead atoms. The number of nitrogens with zero attached hydrogens (tertiary/aromatic N) is 1. The van der Waals surface area contributed by atoms with Crippen molar-refractivity contribution in [3.05, 3.63) is 64.1 Å². The van der Waals surface area contributed by atoms with Crippen LogP contribution in [0.4, 0.5) is 4.39 Å². The summed E-state index contributed by atoms with van der Waals surface area (Å²) in [4.78, 5) is 14.5. The van der Waals surface area contributed by atoms with Gasteiger partial charge in [-0.05, 0) is 35.2 Å². The summed E-state index contributed by atoms with van der Waals surface area (Å²) in [5.74, 6) is -0.340. The lowest BCUT2D eigenvalue weighted by Gasteiger charge is -2.15. The molecule has 0 N–H and O–H groups in total. The predicted molar refractivity (Wildman–Crippen MR) is 76.2 cm³/mol. The van der Waals surface area contributed by atoms with Gasteiger partial charge in [-0.15, -0.1) is 11.3 Å². The Morgan fingerprint density at radius 2 is 2.05 bits per heavy atom. The molecule has 0 radical (unpaired) electrons. The minimum absolute atomic E-state index is 0.0716. The zero-order valence-corrected chi connectivity index (χ0v) is 11.4. The zero-order chi connectivity index (χ0) is 13.7. The SMILES string of the molecule is CN(Cc1ccc(F)cc1)C(=O)/C=C/c1cccs1. The number of carbonyl (C=O) groups excluding carboxylic acids is 1. The first-order valence-corrected chi connectivity index (χ1v) is 6.74. The van der Waals surface area contributed by atoms with E-state index < -0.39 is 0 Å². The third-order valence-corrected chi connectivity index (χ3v) is 3.48. The number of hydrogen-bond acceptors (Lipinski definition) is 2. The summed E-state index contributed by atoms with van der Waals surface area (Å²) in [6, 6.07) is 10.1. The number of halogens is 1. The highest BCUT2D eigenvalue weighted by atomic mass is 32.1. The first kappa shape index (κ1) is 13.5. The fourth-order valence-corrected chi connectivity index (χ4v) is 2.23. The smallest absolute Gasteiger partial charge is 0.246 e. The molecule has 0 aliphatic rings. The molecule has 0 saturated heterocycles. The second-order valence-electron chi connectivity index (χ2n) is 4.17. The van der Waals surface area contributed by atoms with Crippen LogP contribution in [0.2, 0.25) is 0 Å². The van der Waals surface area contributed by atoms with Crippen molar-refractivity contribution in [2.24, 2.45) is 0 Å². The van der Waals surface area contributed by atoms with Gasteiger partial charge in [0.1, 0.15) is 5.82 Å². The normalized spacial score (nSPS) is 10.8. The maximum Gasteiger partial charge on any atom is 0.246 e. The largest absolute Gasteiger partial charge is 0.338 e. The molecule has 2 nitrogen and oxygen atoms in total. The molecule has 0 aliphatic carbocycles. The lowest BCUT2D eigenvalue weighted by Crippen LogP contribution is -2.24. The van der Waals surface area contributed by atoms with Gasteiger partial charge in [0.05, 0.1) is 0 Å². The van der Waals surface area contributed by atoms with Gasteiger partial charge in [-0.2, -0.15) is 0 Å². The van der Waals surface area contributed by atoms with Crippen LogP contribution in [0.3, 0.4) is 0 Å². The molecule has 0 atom stereocenters. The van der Waals surface area contributed by atoms with E-state index in [0.717, 1.165) is 10.4 Å². The van der Waals surface area contributed by atoms with E-state index in [1.807, 2.05) is 17.5 Å². The topological polar surface area (TPSA) is 20.3 Å². The van der Waals surface area contributed by atoms with E-state index in [4.69, 9.17) is 0 Å². The van der Waals surface area contributed by atoms with Gasteiger partial charge in [-0.3, -0.25) is 4.79 Å². The van der Waals surface area contributed by atoms with E-state index in [9.17, 15) is 9.18 Å². The molecule has 1 aromatic carbocycles. The number of hydrogen-bond donors (Lipinski definition) is 0. The van der Waals surface area contributed by atoms with Gasteiger partial charge in [0.2, 0.25) is 5.91 Å². The Labute approximate surface area is 115 Å². The van der Waals surface area contributed by atoms with Gasteiger partial charge in [0.25, 0.3) is 0 Å². The monoisotopic (exact) mass is 275 g/mol. The van der Waals surface area contributed by atoms with E-state index in [-0.39, 0.29) is 11.7 Å². The number of amides is 1. The number of carbonyl (C=O) groups is 1. The van der Waals surface area contributed by atoms with Crippen LogP contribution in [-0.4, -0.2) is 17.9 Å². The Kier molecular flexibility index (Phi) is 4.47. The lowest BCUT2D eigenvalue weighted by molar-refractivity contribution is -0.125. The van der Waals surface area contributed by atoms with E-state index in [1.165, 1.54) is 12.1 Å². The molecular formula is C15H14FNOS. The van der Waals surface area contributed by atoms with Crippen LogP contribution < -0.4 is 0 Å². The Morgan fingerprint density at radius 3 is 2.68 bits per heavy atom. The van der Waals surface area contributed by atoms with E-state index in [0.29, 0.717) is 6.54 Å². The van der Waals surface area contributed by atoms with Crippen molar-refractivity contribution in [1.29, 1.82) is 0 Å². The quantitative estimate of drug-likeness (QED) is 0.781. The van der Waals surface area contributed by atoms with Crippen molar-refractivity contribution in [3.63, 3.8) is 0 Å². The maximum atomic E-state index is 12.8. The standard InChI is InChI=1S/C15H14FNOS/c1-17(11-12-4-6-13(16)7-5-12)15(18)9-8-14-3-2-10-19-14/h2-10H,11H2,1H3/b9-8+. The zero-order valence-electron chi connectivity index (χ0n) is 10.5. The minimum Gasteiger partial charge on any atom is -0.338 e. The van der Waals surface area contributed by atoms with Crippen LogP contribution in [0, 0.1) is 5.82 Å². The average Bonchev–Trinajstić information content (AvgIpc) is 2.91. The van der Waals surface area contributed by atoms with Crippen molar-refractivity contribution < 1.29 is 9.18 Å². The van der Waals surface area contributed by atoms with Gasteiger partial charge < -0.3 is 4.90 Å². The Balaban J connectivity index is 1.94. The first-order valence-electron chi connectivity index (χ1n) is 5.86. The molecule has 2 aromatic rings. The summed E-state index contributed by atoms with van der Waals surface area (Å²) in [7, 11) is 1.73. The third kappa shape index (κ3) is 4.03. The molecule has 0 unspecified atom stereocenters. The van der Waals surface area contributed by atoms with Crippen LogP contribution in [0.5, 0.6) is 0 Å². The molecule has 19 heavy (non-hydrogen) atoms. The number of rotatable bonds is 4. The van der Waals surface area contributed by atoms with Gasteiger partial charge in [-0.25, -0.2) is 4.39 Å². The minimum atomic E-state index is -0.268. The van der Waals surface area contributed by atoms with Crippen LogP contribution >= 0.6 is 11.3 Å². The molecule has 0 fully saturated rings. The van der Waals surface area contributed by atoms with Gasteiger partial charge >= 0.3 is 0 Å². The highest BCUT2D eigenvalue weighted by Crippen LogP contribution is 2.11. The van der Waals surface area contributed by atoms with E-state index in [2.05, 4.69) is 0 Å². The van der Waals surface area contributed by atoms with Crippen LogP contribution in [0.1, 0.15) is 10.4 Å². The summed E-state index contributed by atoms with van der Waals surface area (Å²) in [6.45, 7) is 0.466. The van der Waals surface area contributed by atoms with Crippen molar-refractivity contribution in [1.82, 2.24) is 4.90 Å². The van der Waals surface area contributed by atoms with Gasteiger partial charge in [-0.1, -0.05) is 18.2 Å². The summed E-state index contributed by atoms with van der Waals surface area (Å²) in [6.07, 6.45) is 3.35. The predicted octanol–water partition coefficient (Wildman–Crippen LogP) is 3.56. The molecule has 98 valence electrons. The van der Waals surface area contributed by atoms with E-state index in [1.54, 1.807) is 47.6 Å². The highest BCUT2D eigenvalue weighted by Gasteiger charge is 2.05. The van der Waals surface area contributed by atoms with Crippen LogP contribution in [0.15, 0.2) is 47.9 Å². The molecule has 0 spiro atoms. The molecule has 0 aliphatic heterocycles. The van der Waals surface area contributed by atoms with Crippen molar-refractivity contribution >= 4 is 23.3 Å². The fourth-order valence-electron chi connectivity index (χ4n) is 1.61. The lowest BCUT2D eigenvalue weighted by atomic mass is 10.2. The summed E-state index contributed by atoms with van der Waals surface area (Å²) < 4.78 is 12.8. The molecular weight excluding hydrogens is 261 g/mol. The Hall–Kier alpha value is -1.94. The van der Waals surface area contributed by atoms with Crippen molar-refractivity contribution in [2.75, 3.05) is 7.05 Å². The molecule has 1 amide bonds. The molecule has 2 rings (SSSR count). The number of benzene rings is 1. The summed E-state index contributed by atoms with van der Waals surface area (Å²) >= 11 is 1.58.